The van der Waals surface area contributed by atoms with Gasteiger partial charge in [-0.15, -0.1) is 0 Å². The first-order valence-corrected chi connectivity index (χ1v) is 7.85. The fourth-order valence-electron chi connectivity index (χ4n) is 1.55. The van der Waals surface area contributed by atoms with Crippen LogP contribution < -0.4 is 16.4 Å². The summed E-state index contributed by atoms with van der Waals surface area (Å²) >= 11 is 0. The average Bonchev–Trinajstić information content (AvgIpc) is 2.36. The molecule has 0 aliphatic carbocycles. The first-order chi connectivity index (χ1) is 9.70. The molecule has 1 aromatic carbocycles. The summed E-state index contributed by atoms with van der Waals surface area (Å²) < 4.78 is 11.6. The molecule has 21 heavy (non-hydrogen) atoms. The van der Waals surface area contributed by atoms with Crippen LogP contribution in [-0.4, -0.2) is 33.2 Å². The number of amides is 3. The number of carbonyl (C=O) groups excluding carboxylic acids is 2. The number of nitrogens with two attached hydrogens (primary N) is 1. The van der Waals surface area contributed by atoms with Crippen molar-refractivity contribution >= 4 is 28.4 Å². The third kappa shape index (κ3) is 5.95. The zero-order chi connectivity index (χ0) is 16.0. The molecule has 0 aromatic heterocycles. The van der Waals surface area contributed by atoms with E-state index in [1.807, 2.05) is 20.8 Å². The second kappa shape index (κ2) is 7.21. The van der Waals surface area contributed by atoms with Crippen LogP contribution in [0.2, 0.25) is 0 Å². The summed E-state index contributed by atoms with van der Waals surface area (Å²) in [4.78, 5) is 22.7. The van der Waals surface area contributed by atoms with E-state index in [2.05, 4.69) is 10.6 Å². The second-order valence-electron chi connectivity index (χ2n) is 5.49. The molecule has 6 nitrogen and oxygen atoms in total. The van der Waals surface area contributed by atoms with Crippen molar-refractivity contribution in [1.82, 2.24) is 5.32 Å². The SMILES string of the molecule is CC(C)(C)S(=O)CCNC(=O)c1cccc(NC(N)=O)c1. The van der Waals surface area contributed by atoms with Gasteiger partial charge in [0.05, 0.1) is 0 Å². The maximum Gasteiger partial charge on any atom is 0.316 e. The molecular formula is C14H21N3O3S. The smallest absolute Gasteiger partial charge is 0.316 e. The Kier molecular flexibility index (Phi) is 5.90. The van der Waals surface area contributed by atoms with Crippen LogP contribution in [0.4, 0.5) is 10.5 Å². The third-order valence-electron chi connectivity index (χ3n) is 2.65. The van der Waals surface area contributed by atoms with E-state index >= 15 is 0 Å². The van der Waals surface area contributed by atoms with Gasteiger partial charge < -0.3 is 16.4 Å². The van der Waals surface area contributed by atoms with Gasteiger partial charge in [-0.2, -0.15) is 0 Å². The first-order valence-electron chi connectivity index (χ1n) is 6.53. The second-order valence-corrected chi connectivity index (χ2v) is 7.81. The quantitative estimate of drug-likeness (QED) is 0.767. The van der Waals surface area contributed by atoms with Crippen LogP contribution in [0.25, 0.3) is 0 Å². The lowest BCUT2D eigenvalue weighted by Crippen LogP contribution is -2.32. The largest absolute Gasteiger partial charge is 0.351 e. The van der Waals surface area contributed by atoms with Crippen molar-refractivity contribution in [2.45, 2.75) is 25.5 Å². The fraction of sp³-hybridized carbons (Fsp3) is 0.429. The van der Waals surface area contributed by atoms with E-state index in [1.54, 1.807) is 18.2 Å². The highest BCUT2D eigenvalue weighted by atomic mass is 32.2. The van der Waals surface area contributed by atoms with E-state index in [0.29, 0.717) is 23.5 Å². The number of nitrogens with one attached hydrogen (secondary N) is 2. The Morgan fingerprint density at radius 2 is 1.95 bits per heavy atom. The molecule has 116 valence electrons. The molecule has 0 saturated heterocycles. The lowest BCUT2D eigenvalue weighted by Gasteiger charge is -2.17. The number of hydrogen-bond acceptors (Lipinski definition) is 3. The highest BCUT2D eigenvalue weighted by molar-refractivity contribution is 7.86. The van der Waals surface area contributed by atoms with Gasteiger partial charge in [0.25, 0.3) is 5.91 Å². The first kappa shape index (κ1) is 17.2. The zero-order valence-corrected chi connectivity index (χ0v) is 13.3. The van der Waals surface area contributed by atoms with E-state index in [1.165, 1.54) is 6.07 Å². The van der Waals surface area contributed by atoms with Crippen LogP contribution in [0, 0.1) is 0 Å². The number of anilines is 1. The molecule has 0 fully saturated rings. The molecule has 3 amide bonds. The van der Waals surface area contributed by atoms with Crippen molar-refractivity contribution in [2.75, 3.05) is 17.6 Å². The van der Waals surface area contributed by atoms with Crippen molar-refractivity contribution in [1.29, 1.82) is 0 Å². The monoisotopic (exact) mass is 311 g/mol. The molecule has 0 aliphatic heterocycles. The van der Waals surface area contributed by atoms with Crippen LogP contribution in [0.1, 0.15) is 31.1 Å². The highest BCUT2D eigenvalue weighted by Gasteiger charge is 2.19. The van der Waals surface area contributed by atoms with E-state index in [4.69, 9.17) is 5.73 Å². The Morgan fingerprint density at radius 1 is 1.29 bits per heavy atom. The fourth-order valence-corrected chi connectivity index (χ4v) is 2.45. The summed E-state index contributed by atoms with van der Waals surface area (Å²) in [6.07, 6.45) is 0. The minimum atomic E-state index is -1.01. The Hall–Kier alpha value is -1.89. The average molecular weight is 311 g/mol. The Balaban J connectivity index is 2.56. The molecule has 1 atom stereocenters. The van der Waals surface area contributed by atoms with E-state index in [-0.39, 0.29) is 10.7 Å². The van der Waals surface area contributed by atoms with Crippen LogP contribution >= 0.6 is 0 Å². The predicted molar refractivity (Wildman–Crippen MR) is 84.7 cm³/mol. The Morgan fingerprint density at radius 3 is 2.52 bits per heavy atom. The molecule has 0 spiro atoms. The lowest BCUT2D eigenvalue weighted by molar-refractivity contribution is 0.0956. The number of benzene rings is 1. The van der Waals surface area contributed by atoms with Gasteiger partial charge in [0, 0.05) is 39.1 Å². The Bertz CT molecular complexity index is 553. The summed E-state index contributed by atoms with van der Waals surface area (Å²) in [5.74, 6) is 0.114. The minimum Gasteiger partial charge on any atom is -0.351 e. The predicted octanol–water partition coefficient (Wildman–Crippen LogP) is 1.45. The van der Waals surface area contributed by atoms with Gasteiger partial charge >= 0.3 is 6.03 Å². The molecule has 0 bridgehead atoms. The summed E-state index contributed by atoms with van der Waals surface area (Å²) in [5.41, 5.74) is 5.88. The topological polar surface area (TPSA) is 101 Å². The number of primary amides is 1. The molecule has 1 aromatic rings. The highest BCUT2D eigenvalue weighted by Crippen LogP contribution is 2.12. The van der Waals surface area contributed by atoms with Crippen molar-refractivity contribution < 1.29 is 13.8 Å². The van der Waals surface area contributed by atoms with Gasteiger partial charge in [-0.25, -0.2) is 4.79 Å². The summed E-state index contributed by atoms with van der Waals surface area (Å²) in [5, 5.41) is 5.11. The number of hydrogen-bond donors (Lipinski definition) is 3. The molecule has 7 heteroatoms. The molecule has 0 heterocycles. The Labute approximate surface area is 126 Å². The molecule has 4 N–H and O–H groups in total. The van der Waals surface area contributed by atoms with Gasteiger partial charge in [0.1, 0.15) is 0 Å². The number of rotatable bonds is 5. The molecule has 1 unspecified atom stereocenters. The molecule has 0 aliphatic rings. The van der Waals surface area contributed by atoms with Gasteiger partial charge in [-0.3, -0.25) is 9.00 Å². The molecule has 0 saturated carbocycles. The minimum absolute atomic E-state index is 0.283. The maximum absolute atomic E-state index is 12.0. The van der Waals surface area contributed by atoms with Crippen molar-refractivity contribution in [3.8, 4) is 0 Å². The van der Waals surface area contributed by atoms with Crippen LogP contribution in [-0.2, 0) is 10.8 Å². The van der Waals surface area contributed by atoms with Gasteiger partial charge in [-0.1, -0.05) is 6.07 Å². The van der Waals surface area contributed by atoms with Gasteiger partial charge in [0.2, 0.25) is 0 Å². The summed E-state index contributed by atoms with van der Waals surface area (Å²) in [7, 11) is -1.01. The summed E-state index contributed by atoms with van der Waals surface area (Å²) in [6, 6.07) is 5.75. The maximum atomic E-state index is 12.0. The molecule has 1 rings (SSSR count). The van der Waals surface area contributed by atoms with Crippen molar-refractivity contribution in [2.24, 2.45) is 5.73 Å². The summed E-state index contributed by atoms with van der Waals surface area (Å²) in [6.45, 7) is 6.01. The zero-order valence-electron chi connectivity index (χ0n) is 12.4. The van der Waals surface area contributed by atoms with Crippen LogP contribution in [0.5, 0.6) is 0 Å². The van der Waals surface area contributed by atoms with Crippen LogP contribution in [0.3, 0.4) is 0 Å². The van der Waals surface area contributed by atoms with Gasteiger partial charge in [-0.05, 0) is 39.0 Å². The van der Waals surface area contributed by atoms with E-state index < -0.39 is 16.8 Å². The van der Waals surface area contributed by atoms with E-state index in [9.17, 15) is 13.8 Å². The standard InChI is InChI=1S/C14H21N3O3S/c1-14(2,3)21(20)8-7-16-12(18)10-5-4-6-11(9-10)17-13(15)19/h4-6,9H,7-8H2,1-3H3,(H,16,18)(H3,15,17,19). The van der Waals surface area contributed by atoms with Crippen LogP contribution in [0.15, 0.2) is 24.3 Å². The number of urea groups is 1. The third-order valence-corrected chi connectivity index (χ3v) is 4.59. The lowest BCUT2D eigenvalue weighted by atomic mass is 10.2. The van der Waals surface area contributed by atoms with Crippen molar-refractivity contribution in [3.63, 3.8) is 0 Å². The molecule has 0 radical (unpaired) electrons. The van der Waals surface area contributed by atoms with Gasteiger partial charge in [0.15, 0.2) is 0 Å². The molecular weight excluding hydrogens is 290 g/mol. The number of carbonyl (C=O) groups is 2. The van der Waals surface area contributed by atoms with E-state index in [0.717, 1.165) is 0 Å². The normalized spacial score (nSPS) is 12.5. The van der Waals surface area contributed by atoms with Crippen molar-refractivity contribution in [3.05, 3.63) is 29.8 Å².